The number of amides is 1. The van der Waals surface area contributed by atoms with Gasteiger partial charge in [-0.25, -0.2) is 0 Å². The van der Waals surface area contributed by atoms with Gasteiger partial charge in [-0.05, 0) is 31.0 Å². The van der Waals surface area contributed by atoms with Crippen LogP contribution in [0.5, 0.6) is 5.75 Å². The van der Waals surface area contributed by atoms with Crippen molar-refractivity contribution in [3.63, 3.8) is 0 Å². The van der Waals surface area contributed by atoms with Crippen LogP contribution >= 0.6 is 35.0 Å². The lowest BCUT2D eigenvalue weighted by atomic mass is 10.2. The number of carbonyl (C=O) groups is 1. The highest BCUT2D eigenvalue weighted by atomic mass is 35.5. The first-order valence-corrected chi connectivity index (χ1v) is 10.2. The molecule has 146 valence electrons. The third kappa shape index (κ3) is 5.75. The summed E-state index contributed by atoms with van der Waals surface area (Å²) in [5.41, 5.74) is 0. The van der Waals surface area contributed by atoms with Gasteiger partial charge in [0.05, 0.1) is 16.9 Å². The van der Waals surface area contributed by atoms with Crippen LogP contribution in [0.25, 0.3) is 0 Å². The molecule has 0 aliphatic carbocycles. The van der Waals surface area contributed by atoms with Crippen LogP contribution < -0.4 is 10.1 Å². The molecule has 1 aromatic carbocycles. The summed E-state index contributed by atoms with van der Waals surface area (Å²) < 4.78 is 13.0. The van der Waals surface area contributed by atoms with E-state index in [1.165, 1.54) is 11.8 Å². The number of ether oxygens (including phenoxy) is 2. The number of hydrogen-bond donors (Lipinski definition) is 1. The lowest BCUT2D eigenvalue weighted by Gasteiger charge is -2.10. The van der Waals surface area contributed by atoms with E-state index in [1.807, 2.05) is 7.05 Å². The molecule has 27 heavy (non-hydrogen) atoms. The van der Waals surface area contributed by atoms with Crippen LogP contribution in [0, 0.1) is 0 Å². The quantitative estimate of drug-likeness (QED) is 0.648. The standard InChI is InChI=1S/C17H20Cl2N4O3S/c1-23-15(9-26-14-5-4-11(18)7-13(14)19)21-22-17(23)27-10-16(24)20-8-12-3-2-6-25-12/h4-5,7,12H,2-3,6,8-10H2,1H3,(H,20,24)/t12-/m1/s1. The fourth-order valence-corrected chi connectivity index (χ4v) is 3.77. The van der Waals surface area contributed by atoms with Gasteiger partial charge in [-0.1, -0.05) is 35.0 Å². The molecule has 0 bridgehead atoms. The molecule has 0 saturated carbocycles. The zero-order valence-corrected chi connectivity index (χ0v) is 17.1. The second kappa shape index (κ2) is 9.64. The number of aromatic nitrogens is 3. The van der Waals surface area contributed by atoms with E-state index in [9.17, 15) is 4.79 Å². The van der Waals surface area contributed by atoms with E-state index >= 15 is 0 Å². The highest BCUT2D eigenvalue weighted by molar-refractivity contribution is 7.99. The van der Waals surface area contributed by atoms with E-state index in [0.29, 0.717) is 33.3 Å². The topological polar surface area (TPSA) is 78.3 Å². The molecule has 1 saturated heterocycles. The first kappa shape index (κ1) is 20.3. The summed E-state index contributed by atoms with van der Waals surface area (Å²) in [7, 11) is 1.83. The van der Waals surface area contributed by atoms with Crippen LogP contribution in [0.4, 0.5) is 0 Å². The van der Waals surface area contributed by atoms with Crippen LogP contribution in [0.2, 0.25) is 10.0 Å². The zero-order chi connectivity index (χ0) is 19.2. The molecule has 1 fully saturated rings. The Morgan fingerprint density at radius 2 is 2.30 bits per heavy atom. The summed E-state index contributed by atoms with van der Waals surface area (Å²) in [5.74, 6) is 1.36. The maximum Gasteiger partial charge on any atom is 0.230 e. The van der Waals surface area contributed by atoms with E-state index in [0.717, 1.165) is 19.4 Å². The number of nitrogens with zero attached hydrogens (tertiary/aromatic N) is 3. The summed E-state index contributed by atoms with van der Waals surface area (Å²) >= 11 is 13.3. The van der Waals surface area contributed by atoms with Crippen LogP contribution in [-0.2, 0) is 23.2 Å². The predicted octanol–water partition coefficient (Wildman–Crippen LogP) is 3.09. The summed E-state index contributed by atoms with van der Waals surface area (Å²) in [6, 6.07) is 5.02. The largest absolute Gasteiger partial charge is 0.484 e. The van der Waals surface area contributed by atoms with Gasteiger partial charge in [0.2, 0.25) is 5.91 Å². The Labute approximate surface area is 171 Å². The minimum atomic E-state index is -0.0516. The summed E-state index contributed by atoms with van der Waals surface area (Å²) in [4.78, 5) is 12.0. The summed E-state index contributed by atoms with van der Waals surface area (Å²) in [6.07, 6.45) is 2.19. The first-order chi connectivity index (χ1) is 13.0. The second-order valence-corrected chi connectivity index (χ2v) is 7.84. The Kier molecular flexibility index (Phi) is 7.23. The molecule has 7 nitrogen and oxygen atoms in total. The Hall–Kier alpha value is -1.48. The van der Waals surface area contributed by atoms with Crippen molar-refractivity contribution in [1.29, 1.82) is 0 Å². The Morgan fingerprint density at radius 3 is 3.04 bits per heavy atom. The molecule has 1 amide bonds. The normalized spacial score (nSPS) is 16.5. The highest BCUT2D eigenvalue weighted by Gasteiger charge is 2.17. The number of carbonyl (C=O) groups excluding carboxylic acids is 1. The van der Waals surface area contributed by atoms with Gasteiger partial charge in [0.1, 0.15) is 12.4 Å². The summed E-state index contributed by atoms with van der Waals surface area (Å²) in [6.45, 7) is 1.54. The van der Waals surface area contributed by atoms with Gasteiger partial charge in [0.25, 0.3) is 0 Å². The molecule has 1 aliphatic heterocycles. The minimum Gasteiger partial charge on any atom is -0.484 e. The Morgan fingerprint density at radius 1 is 1.44 bits per heavy atom. The van der Waals surface area contributed by atoms with Gasteiger partial charge in [0.15, 0.2) is 11.0 Å². The average molecular weight is 431 g/mol. The van der Waals surface area contributed by atoms with Gasteiger partial charge >= 0.3 is 0 Å². The van der Waals surface area contributed by atoms with Gasteiger partial charge < -0.3 is 19.4 Å². The molecular weight excluding hydrogens is 411 g/mol. The third-order valence-corrected chi connectivity index (χ3v) is 5.61. The molecular formula is C17H20Cl2N4O3S. The molecule has 2 heterocycles. The lowest BCUT2D eigenvalue weighted by molar-refractivity contribution is -0.119. The fourth-order valence-electron chi connectivity index (χ4n) is 2.55. The van der Waals surface area contributed by atoms with Crippen molar-refractivity contribution in [1.82, 2.24) is 20.1 Å². The van der Waals surface area contributed by atoms with Crippen molar-refractivity contribution >= 4 is 40.9 Å². The maximum absolute atomic E-state index is 12.0. The number of nitrogens with one attached hydrogen (secondary N) is 1. The van der Waals surface area contributed by atoms with Crippen LogP contribution in [0.15, 0.2) is 23.4 Å². The van der Waals surface area contributed by atoms with Crippen LogP contribution in [0.3, 0.4) is 0 Å². The molecule has 1 aromatic heterocycles. The molecule has 1 atom stereocenters. The first-order valence-electron chi connectivity index (χ1n) is 8.50. The van der Waals surface area contributed by atoms with Gasteiger partial charge in [-0.2, -0.15) is 0 Å². The monoisotopic (exact) mass is 430 g/mol. The lowest BCUT2D eigenvalue weighted by Crippen LogP contribution is -2.32. The van der Waals surface area contributed by atoms with E-state index < -0.39 is 0 Å². The highest BCUT2D eigenvalue weighted by Crippen LogP contribution is 2.28. The smallest absolute Gasteiger partial charge is 0.230 e. The molecule has 1 aliphatic rings. The van der Waals surface area contributed by atoms with Crippen LogP contribution in [-0.4, -0.2) is 45.7 Å². The number of hydrogen-bond acceptors (Lipinski definition) is 6. The maximum atomic E-state index is 12.0. The summed E-state index contributed by atoms with van der Waals surface area (Å²) in [5, 5.41) is 12.7. The molecule has 0 unspecified atom stereocenters. The predicted molar refractivity (Wildman–Crippen MR) is 105 cm³/mol. The number of rotatable bonds is 8. The third-order valence-electron chi connectivity index (χ3n) is 4.06. The van der Waals surface area contributed by atoms with Gasteiger partial charge in [0, 0.05) is 25.2 Å². The number of halogens is 2. The van der Waals surface area contributed by atoms with Gasteiger partial charge in [-0.15, -0.1) is 10.2 Å². The van der Waals surface area contributed by atoms with Gasteiger partial charge in [-0.3, -0.25) is 4.79 Å². The van der Waals surface area contributed by atoms with Crippen molar-refractivity contribution in [2.45, 2.75) is 30.7 Å². The Balaban J connectivity index is 1.47. The van der Waals surface area contributed by atoms with Crippen molar-refractivity contribution in [3.8, 4) is 5.75 Å². The van der Waals surface area contributed by atoms with E-state index in [2.05, 4.69) is 15.5 Å². The molecule has 1 N–H and O–H groups in total. The molecule has 2 aromatic rings. The molecule has 10 heteroatoms. The molecule has 3 rings (SSSR count). The minimum absolute atomic E-state index is 0.0516. The van der Waals surface area contributed by atoms with E-state index in [4.69, 9.17) is 32.7 Å². The SMILES string of the molecule is Cn1c(COc2ccc(Cl)cc2Cl)nnc1SCC(=O)NC[C@H]1CCCO1. The average Bonchev–Trinajstić information content (AvgIpc) is 3.28. The van der Waals surface area contributed by atoms with Crippen molar-refractivity contribution in [3.05, 3.63) is 34.1 Å². The van der Waals surface area contributed by atoms with E-state index in [-0.39, 0.29) is 24.4 Å². The zero-order valence-electron chi connectivity index (χ0n) is 14.8. The molecule has 0 radical (unpaired) electrons. The second-order valence-electron chi connectivity index (χ2n) is 6.05. The van der Waals surface area contributed by atoms with E-state index in [1.54, 1.807) is 22.8 Å². The number of thioether (sulfide) groups is 1. The number of benzene rings is 1. The van der Waals surface area contributed by atoms with Crippen molar-refractivity contribution in [2.75, 3.05) is 18.9 Å². The molecule has 0 spiro atoms. The van der Waals surface area contributed by atoms with Crippen molar-refractivity contribution < 1.29 is 14.3 Å². The van der Waals surface area contributed by atoms with Crippen molar-refractivity contribution in [2.24, 2.45) is 7.05 Å². The fraction of sp³-hybridized carbons (Fsp3) is 0.471. The Bertz CT molecular complexity index is 796. The van der Waals surface area contributed by atoms with Crippen LogP contribution in [0.1, 0.15) is 18.7 Å².